The molecule has 6 nitrogen and oxygen atoms in total. The Morgan fingerprint density at radius 2 is 2.07 bits per heavy atom. The third kappa shape index (κ3) is 3.36. The van der Waals surface area contributed by atoms with E-state index in [1.54, 1.807) is 0 Å². The van der Waals surface area contributed by atoms with Crippen molar-refractivity contribution in [2.24, 2.45) is 5.92 Å². The van der Waals surface area contributed by atoms with Crippen LogP contribution in [-0.2, 0) is 0 Å². The van der Waals surface area contributed by atoms with E-state index >= 15 is 0 Å². The predicted molar refractivity (Wildman–Crippen MR) is 114 cm³/mol. The number of H-pyrrole nitrogens is 1. The van der Waals surface area contributed by atoms with Crippen molar-refractivity contribution < 1.29 is 9.53 Å². The summed E-state index contributed by atoms with van der Waals surface area (Å²) in [5.74, 6) is 1.10. The van der Waals surface area contributed by atoms with Crippen LogP contribution in [0, 0.1) is 19.8 Å². The number of amides is 1. The monoisotopic (exact) mass is 402 g/mol. The molecule has 2 aliphatic heterocycles. The number of aromatic nitrogens is 3. The van der Waals surface area contributed by atoms with Gasteiger partial charge in [-0.1, -0.05) is 24.3 Å². The quantitative estimate of drug-likeness (QED) is 0.696. The number of fused-ring (bicyclic) bond motifs is 2. The van der Waals surface area contributed by atoms with E-state index in [9.17, 15) is 4.79 Å². The summed E-state index contributed by atoms with van der Waals surface area (Å²) in [6, 6.07) is 14.2. The van der Waals surface area contributed by atoms with Crippen LogP contribution in [0.4, 0.5) is 0 Å². The number of carbonyl (C=O) groups is 1. The summed E-state index contributed by atoms with van der Waals surface area (Å²) in [5.41, 5.74) is 4.52. The molecular weight excluding hydrogens is 376 g/mol. The van der Waals surface area contributed by atoms with Gasteiger partial charge < -0.3 is 9.64 Å². The van der Waals surface area contributed by atoms with Crippen LogP contribution in [0.15, 0.2) is 48.7 Å². The molecule has 0 radical (unpaired) electrons. The third-order valence-corrected chi connectivity index (χ3v) is 6.37. The molecule has 2 aromatic heterocycles. The number of rotatable bonds is 5. The minimum Gasteiger partial charge on any atom is -0.477 e. The summed E-state index contributed by atoms with van der Waals surface area (Å²) >= 11 is 0. The number of hydrogen-bond acceptors (Lipinski definition) is 4. The zero-order chi connectivity index (χ0) is 20.7. The number of nitrogens with one attached hydrogen (secondary N) is 1. The maximum absolute atomic E-state index is 13.6. The summed E-state index contributed by atoms with van der Waals surface area (Å²) in [4.78, 5) is 20.0. The lowest BCUT2D eigenvalue weighted by Gasteiger charge is -2.25. The SMILES string of the molecule is Cc1ccc(OCC2CC3CCC2N3C(=O)c2ccccc2-c2cc(C)[nH]n2)nc1. The van der Waals surface area contributed by atoms with Gasteiger partial charge in [0.05, 0.1) is 12.3 Å². The highest BCUT2D eigenvalue weighted by Crippen LogP contribution is 2.43. The molecule has 0 aliphatic carbocycles. The Kier molecular flexibility index (Phi) is 4.77. The molecule has 4 heterocycles. The van der Waals surface area contributed by atoms with Crippen LogP contribution < -0.4 is 4.74 Å². The zero-order valence-corrected chi connectivity index (χ0v) is 17.3. The van der Waals surface area contributed by atoms with Crippen molar-refractivity contribution in [1.82, 2.24) is 20.1 Å². The standard InChI is InChI=1S/C24H26N4O2/c1-15-7-10-23(25-13-15)30-14-17-12-18-8-9-22(17)28(18)24(29)20-6-4-3-5-19(20)21-11-16(2)26-27-21/h3-7,10-11,13,17-18,22H,8-9,12,14H2,1-2H3,(H,26,27). The van der Waals surface area contributed by atoms with Gasteiger partial charge in [-0.25, -0.2) is 4.98 Å². The first-order chi connectivity index (χ1) is 14.6. The van der Waals surface area contributed by atoms with Gasteiger partial charge in [0, 0.05) is 47.1 Å². The van der Waals surface area contributed by atoms with E-state index in [4.69, 9.17) is 4.74 Å². The van der Waals surface area contributed by atoms with Gasteiger partial charge in [0.25, 0.3) is 5.91 Å². The van der Waals surface area contributed by atoms with Crippen molar-refractivity contribution in [2.45, 2.75) is 45.2 Å². The van der Waals surface area contributed by atoms with Crippen molar-refractivity contribution >= 4 is 5.91 Å². The van der Waals surface area contributed by atoms with E-state index in [2.05, 4.69) is 20.1 Å². The molecule has 154 valence electrons. The van der Waals surface area contributed by atoms with E-state index in [1.165, 1.54) is 0 Å². The highest BCUT2D eigenvalue weighted by Gasteiger charge is 2.49. The normalized spacial score (nSPS) is 22.5. The highest BCUT2D eigenvalue weighted by molar-refractivity contribution is 6.01. The average molecular weight is 402 g/mol. The van der Waals surface area contributed by atoms with Crippen molar-refractivity contribution in [1.29, 1.82) is 0 Å². The van der Waals surface area contributed by atoms with E-state index < -0.39 is 0 Å². The lowest BCUT2D eigenvalue weighted by atomic mass is 9.90. The second-order valence-electron chi connectivity index (χ2n) is 8.47. The summed E-state index contributed by atoms with van der Waals surface area (Å²) in [5, 5.41) is 7.35. The van der Waals surface area contributed by atoms with E-state index in [-0.39, 0.29) is 18.0 Å². The lowest BCUT2D eigenvalue weighted by Crippen LogP contribution is -2.37. The molecule has 3 aromatic rings. The van der Waals surface area contributed by atoms with E-state index in [0.717, 1.165) is 47.3 Å². The van der Waals surface area contributed by atoms with Gasteiger partial charge in [-0.3, -0.25) is 9.89 Å². The van der Waals surface area contributed by atoms with Crippen molar-refractivity contribution in [3.05, 3.63) is 65.5 Å². The largest absolute Gasteiger partial charge is 0.477 e. The molecule has 2 saturated heterocycles. The second kappa shape index (κ2) is 7.59. The number of carbonyl (C=O) groups excluding carboxylic acids is 1. The van der Waals surface area contributed by atoms with E-state index in [0.29, 0.717) is 18.4 Å². The predicted octanol–water partition coefficient (Wildman–Crippen LogP) is 4.16. The van der Waals surface area contributed by atoms with Crippen LogP contribution in [-0.4, -0.2) is 44.7 Å². The Labute approximate surface area is 176 Å². The Bertz CT molecular complexity index is 1060. The second-order valence-corrected chi connectivity index (χ2v) is 8.47. The molecule has 30 heavy (non-hydrogen) atoms. The fraction of sp³-hybridized carbons (Fsp3) is 0.375. The summed E-state index contributed by atoms with van der Waals surface area (Å²) in [7, 11) is 0. The van der Waals surface area contributed by atoms with Gasteiger partial charge in [-0.2, -0.15) is 5.10 Å². The van der Waals surface area contributed by atoms with Gasteiger partial charge >= 0.3 is 0 Å². The van der Waals surface area contributed by atoms with Crippen LogP contribution in [0.1, 0.15) is 40.9 Å². The van der Waals surface area contributed by atoms with Gasteiger partial charge in [-0.15, -0.1) is 0 Å². The molecule has 2 fully saturated rings. The Balaban J connectivity index is 1.34. The van der Waals surface area contributed by atoms with Gasteiger partial charge in [0.2, 0.25) is 5.88 Å². The van der Waals surface area contributed by atoms with Crippen molar-refractivity contribution in [2.75, 3.05) is 6.61 Å². The maximum Gasteiger partial charge on any atom is 0.255 e. The molecule has 0 spiro atoms. The topological polar surface area (TPSA) is 71.1 Å². The first-order valence-electron chi connectivity index (χ1n) is 10.6. The number of aryl methyl sites for hydroxylation is 2. The molecule has 3 atom stereocenters. The molecule has 2 aliphatic rings. The minimum atomic E-state index is 0.106. The number of ether oxygens (including phenoxy) is 1. The van der Waals surface area contributed by atoms with Gasteiger partial charge in [0.15, 0.2) is 0 Å². The molecule has 1 amide bonds. The Morgan fingerprint density at radius 3 is 2.83 bits per heavy atom. The van der Waals surface area contributed by atoms with Crippen molar-refractivity contribution in [3.63, 3.8) is 0 Å². The molecule has 1 aromatic carbocycles. The molecule has 2 bridgehead atoms. The Morgan fingerprint density at radius 1 is 1.20 bits per heavy atom. The summed E-state index contributed by atoms with van der Waals surface area (Å²) in [6.45, 7) is 4.58. The average Bonchev–Trinajstić information content (AvgIpc) is 3.47. The van der Waals surface area contributed by atoms with Crippen molar-refractivity contribution in [3.8, 4) is 17.1 Å². The number of benzene rings is 1. The molecule has 0 saturated carbocycles. The van der Waals surface area contributed by atoms with Gasteiger partial charge in [-0.05, 0) is 50.8 Å². The fourth-order valence-corrected chi connectivity index (χ4v) is 4.93. The minimum absolute atomic E-state index is 0.106. The van der Waals surface area contributed by atoms with Crippen LogP contribution in [0.2, 0.25) is 0 Å². The summed E-state index contributed by atoms with van der Waals surface area (Å²) in [6.07, 6.45) is 4.92. The number of hydrogen-bond donors (Lipinski definition) is 1. The van der Waals surface area contributed by atoms with Crippen LogP contribution in [0.25, 0.3) is 11.3 Å². The number of nitrogens with zero attached hydrogens (tertiary/aromatic N) is 3. The molecule has 6 heteroatoms. The molecule has 5 rings (SSSR count). The molecular formula is C24H26N4O2. The smallest absolute Gasteiger partial charge is 0.255 e. The van der Waals surface area contributed by atoms with Crippen LogP contribution >= 0.6 is 0 Å². The molecule has 1 N–H and O–H groups in total. The number of aromatic amines is 1. The molecule has 3 unspecified atom stereocenters. The maximum atomic E-state index is 13.6. The van der Waals surface area contributed by atoms with Crippen LogP contribution in [0.5, 0.6) is 5.88 Å². The Hall–Kier alpha value is -3.15. The zero-order valence-electron chi connectivity index (χ0n) is 17.3. The van der Waals surface area contributed by atoms with Crippen LogP contribution in [0.3, 0.4) is 0 Å². The highest BCUT2D eigenvalue weighted by atomic mass is 16.5. The number of pyridine rings is 1. The van der Waals surface area contributed by atoms with Gasteiger partial charge in [0.1, 0.15) is 0 Å². The lowest BCUT2D eigenvalue weighted by molar-refractivity contribution is 0.0710. The first kappa shape index (κ1) is 18.9. The first-order valence-corrected chi connectivity index (χ1v) is 10.6. The van der Waals surface area contributed by atoms with E-state index in [1.807, 2.05) is 62.5 Å². The third-order valence-electron chi connectivity index (χ3n) is 6.37. The summed E-state index contributed by atoms with van der Waals surface area (Å²) < 4.78 is 5.96. The fourth-order valence-electron chi connectivity index (χ4n) is 4.93.